The average Bonchev–Trinajstić information content (AvgIpc) is 3.13. The summed E-state index contributed by atoms with van der Waals surface area (Å²) in [6, 6.07) is 4.47. The highest BCUT2D eigenvalue weighted by molar-refractivity contribution is 14.0. The van der Waals surface area contributed by atoms with Gasteiger partial charge in [-0.2, -0.15) is 0 Å². The number of hydrogen-bond donors (Lipinski definition) is 2. The van der Waals surface area contributed by atoms with E-state index in [1.807, 2.05) is 0 Å². The van der Waals surface area contributed by atoms with Gasteiger partial charge in [0, 0.05) is 39.2 Å². The number of halogens is 2. The van der Waals surface area contributed by atoms with Crippen LogP contribution in [0, 0.1) is 11.7 Å². The van der Waals surface area contributed by atoms with Crippen LogP contribution in [0.2, 0.25) is 0 Å². The molecule has 0 aliphatic carbocycles. The molecule has 1 amide bonds. The lowest BCUT2D eigenvalue weighted by atomic mass is 10.1. The molecule has 1 unspecified atom stereocenters. The number of nitrogens with zero attached hydrogens (tertiary/aromatic N) is 2. The third kappa shape index (κ3) is 8.29. The van der Waals surface area contributed by atoms with Crippen LogP contribution in [-0.2, 0) is 16.1 Å². The maximum absolute atomic E-state index is 13.6. The molecule has 0 bridgehead atoms. The van der Waals surface area contributed by atoms with Crippen molar-refractivity contribution < 1.29 is 18.7 Å². The fourth-order valence-corrected chi connectivity index (χ4v) is 2.48. The van der Waals surface area contributed by atoms with E-state index in [-0.39, 0.29) is 48.8 Å². The van der Waals surface area contributed by atoms with Gasteiger partial charge in [0.2, 0.25) is 5.91 Å². The Hall–Kier alpha value is -1.62. The first kappa shape index (κ1) is 23.4. The quantitative estimate of drug-likeness (QED) is 0.343. The number of aliphatic imine (C=N–C) groups is 1. The van der Waals surface area contributed by atoms with Gasteiger partial charge in [0.05, 0.1) is 26.8 Å². The van der Waals surface area contributed by atoms with Gasteiger partial charge >= 0.3 is 0 Å². The minimum atomic E-state index is -0.372. The number of carbonyl (C=O) groups excluding carboxylic acids is 1. The number of benzene rings is 1. The molecule has 9 heteroatoms. The molecule has 2 rings (SSSR count). The van der Waals surface area contributed by atoms with Gasteiger partial charge in [-0.15, -0.1) is 24.0 Å². The molecule has 0 spiro atoms. The van der Waals surface area contributed by atoms with Crippen LogP contribution in [0.4, 0.5) is 4.39 Å². The molecule has 2 N–H and O–H groups in total. The molecule has 1 saturated heterocycles. The molecular weight excluding hydrogens is 466 g/mol. The lowest BCUT2D eigenvalue weighted by Gasteiger charge is -2.16. The van der Waals surface area contributed by atoms with E-state index in [1.54, 1.807) is 20.2 Å². The number of carbonyl (C=O) groups is 1. The molecule has 1 atom stereocenters. The largest absolute Gasteiger partial charge is 0.497 e. The second kappa shape index (κ2) is 12.0. The molecule has 0 aromatic heterocycles. The van der Waals surface area contributed by atoms with Gasteiger partial charge in [-0.1, -0.05) is 0 Å². The van der Waals surface area contributed by atoms with E-state index >= 15 is 0 Å². The van der Waals surface area contributed by atoms with Gasteiger partial charge in [-0.3, -0.25) is 4.79 Å². The lowest BCUT2D eigenvalue weighted by molar-refractivity contribution is -0.127. The Bertz CT molecular complexity index is 637. The monoisotopic (exact) mass is 494 g/mol. The highest BCUT2D eigenvalue weighted by Gasteiger charge is 2.16. The Kier molecular flexibility index (Phi) is 10.4. The summed E-state index contributed by atoms with van der Waals surface area (Å²) in [4.78, 5) is 17.8. The Morgan fingerprint density at radius 1 is 1.37 bits per heavy atom. The first-order valence-corrected chi connectivity index (χ1v) is 8.61. The third-order valence-corrected chi connectivity index (χ3v) is 4.07. The number of guanidine groups is 1. The van der Waals surface area contributed by atoms with Gasteiger partial charge in [-0.25, -0.2) is 9.38 Å². The summed E-state index contributed by atoms with van der Waals surface area (Å²) < 4.78 is 24.1. The van der Waals surface area contributed by atoms with E-state index in [0.717, 1.165) is 19.6 Å². The second-order valence-electron chi connectivity index (χ2n) is 6.42. The van der Waals surface area contributed by atoms with Crippen molar-refractivity contribution in [2.45, 2.75) is 13.0 Å². The zero-order chi connectivity index (χ0) is 18.9. The summed E-state index contributed by atoms with van der Waals surface area (Å²) in [6.07, 6.45) is 0.998. The highest BCUT2D eigenvalue weighted by atomic mass is 127. The minimum Gasteiger partial charge on any atom is -0.497 e. The van der Waals surface area contributed by atoms with Crippen LogP contribution >= 0.6 is 24.0 Å². The predicted octanol–water partition coefficient (Wildman–Crippen LogP) is 1.61. The Balaban J connectivity index is 0.00000364. The molecule has 1 aliphatic heterocycles. The minimum absolute atomic E-state index is 0. The smallest absolute Gasteiger partial charge is 0.241 e. The van der Waals surface area contributed by atoms with Gasteiger partial charge < -0.3 is 25.0 Å². The van der Waals surface area contributed by atoms with Crippen molar-refractivity contribution in [2.75, 3.05) is 47.5 Å². The Morgan fingerprint density at radius 3 is 2.78 bits per heavy atom. The van der Waals surface area contributed by atoms with Crippen LogP contribution < -0.4 is 15.4 Å². The third-order valence-electron chi connectivity index (χ3n) is 4.07. The first-order valence-electron chi connectivity index (χ1n) is 8.61. The number of hydrogen-bond acceptors (Lipinski definition) is 4. The van der Waals surface area contributed by atoms with Gasteiger partial charge in [-0.05, 0) is 24.1 Å². The van der Waals surface area contributed by atoms with Crippen LogP contribution in [-0.4, -0.2) is 64.3 Å². The van der Waals surface area contributed by atoms with Crippen molar-refractivity contribution in [3.63, 3.8) is 0 Å². The number of amides is 1. The molecule has 1 aliphatic rings. The lowest BCUT2D eigenvalue weighted by Crippen LogP contribution is -2.44. The predicted molar refractivity (Wildman–Crippen MR) is 113 cm³/mol. The van der Waals surface area contributed by atoms with Crippen LogP contribution in [0.15, 0.2) is 23.2 Å². The summed E-state index contributed by atoms with van der Waals surface area (Å²) in [5, 5.41) is 6.25. The molecule has 1 fully saturated rings. The molecular formula is C18H28FIN4O3. The van der Waals surface area contributed by atoms with E-state index in [1.165, 1.54) is 24.1 Å². The Morgan fingerprint density at radius 2 is 2.15 bits per heavy atom. The van der Waals surface area contributed by atoms with Crippen LogP contribution in [0.1, 0.15) is 12.0 Å². The standard InChI is InChI=1S/C18H27FN4O3.HI/c1-23(2)17(24)11-22-18(20-9-13-4-5-26-12-13)21-10-14-6-15(19)8-16(7-14)25-3;/h6-8,13H,4-5,9-12H2,1-3H3,(H2,20,21,22);1H. The van der Waals surface area contributed by atoms with Crippen molar-refractivity contribution in [1.29, 1.82) is 0 Å². The highest BCUT2D eigenvalue weighted by Crippen LogP contribution is 2.16. The first-order chi connectivity index (χ1) is 12.5. The zero-order valence-corrected chi connectivity index (χ0v) is 18.3. The molecule has 0 saturated carbocycles. The maximum Gasteiger partial charge on any atom is 0.241 e. The zero-order valence-electron chi connectivity index (χ0n) is 16.0. The van der Waals surface area contributed by atoms with Gasteiger partial charge in [0.1, 0.15) is 11.6 Å². The Labute approximate surface area is 176 Å². The van der Waals surface area contributed by atoms with E-state index in [2.05, 4.69) is 15.6 Å². The second-order valence-corrected chi connectivity index (χ2v) is 6.42. The molecule has 152 valence electrons. The fourth-order valence-electron chi connectivity index (χ4n) is 2.48. The number of likely N-dealkylation sites (N-methyl/N-ethyl adjacent to an activating group) is 1. The van der Waals surface area contributed by atoms with Crippen LogP contribution in [0.5, 0.6) is 5.75 Å². The summed E-state index contributed by atoms with van der Waals surface area (Å²) in [6.45, 7) is 2.59. The summed E-state index contributed by atoms with van der Waals surface area (Å²) >= 11 is 0. The SMILES string of the molecule is COc1cc(F)cc(CN=C(NCC(=O)N(C)C)NCC2CCOC2)c1.I. The summed E-state index contributed by atoms with van der Waals surface area (Å²) in [7, 11) is 4.89. The van der Waals surface area contributed by atoms with Crippen molar-refractivity contribution >= 4 is 35.8 Å². The summed E-state index contributed by atoms with van der Waals surface area (Å²) in [5.41, 5.74) is 0.686. The summed E-state index contributed by atoms with van der Waals surface area (Å²) in [5.74, 6) is 0.943. The van der Waals surface area contributed by atoms with Crippen LogP contribution in [0.3, 0.4) is 0 Å². The van der Waals surface area contributed by atoms with Crippen molar-refractivity contribution in [2.24, 2.45) is 10.9 Å². The van der Waals surface area contributed by atoms with Crippen LogP contribution in [0.25, 0.3) is 0 Å². The van der Waals surface area contributed by atoms with E-state index in [9.17, 15) is 9.18 Å². The van der Waals surface area contributed by atoms with Crippen molar-refractivity contribution in [1.82, 2.24) is 15.5 Å². The van der Waals surface area contributed by atoms with E-state index < -0.39 is 0 Å². The van der Waals surface area contributed by atoms with E-state index in [4.69, 9.17) is 9.47 Å². The average molecular weight is 494 g/mol. The number of ether oxygens (including phenoxy) is 2. The normalized spacial score (nSPS) is 16.4. The number of nitrogens with one attached hydrogen (secondary N) is 2. The maximum atomic E-state index is 13.6. The molecule has 0 radical (unpaired) electrons. The fraction of sp³-hybridized carbons (Fsp3) is 0.556. The van der Waals surface area contributed by atoms with Crippen molar-refractivity contribution in [3.05, 3.63) is 29.6 Å². The molecule has 7 nitrogen and oxygen atoms in total. The van der Waals surface area contributed by atoms with Crippen molar-refractivity contribution in [3.8, 4) is 5.75 Å². The van der Waals surface area contributed by atoms with Gasteiger partial charge in [0.25, 0.3) is 0 Å². The molecule has 27 heavy (non-hydrogen) atoms. The number of rotatable bonds is 7. The molecule has 1 aromatic rings. The van der Waals surface area contributed by atoms with Gasteiger partial charge in [0.15, 0.2) is 5.96 Å². The molecule has 1 aromatic carbocycles. The topological polar surface area (TPSA) is 75.2 Å². The number of methoxy groups -OCH3 is 1. The molecule has 1 heterocycles. The van der Waals surface area contributed by atoms with E-state index in [0.29, 0.717) is 29.7 Å².